The Morgan fingerprint density at radius 2 is 1.73 bits per heavy atom. The van der Waals surface area contributed by atoms with Gasteiger partial charge in [-0.3, -0.25) is 10.1 Å². The van der Waals surface area contributed by atoms with E-state index >= 15 is 0 Å². The van der Waals surface area contributed by atoms with Gasteiger partial charge in [0.2, 0.25) is 11.8 Å². The molecule has 0 radical (unpaired) electrons. The van der Waals surface area contributed by atoms with Crippen LogP contribution in [0.4, 0.5) is 6.01 Å². The molecule has 1 N–H and O–H groups in total. The van der Waals surface area contributed by atoms with Crippen LogP contribution in [0.1, 0.15) is 24.0 Å². The number of aryl methyl sites for hydroxylation is 2. The number of hydrogen-bond acceptors (Lipinski definition) is 7. The molecule has 0 unspecified atom stereocenters. The van der Waals surface area contributed by atoms with Gasteiger partial charge >= 0.3 is 6.01 Å². The number of hydrogen-bond donors (Lipinski definition) is 1. The van der Waals surface area contributed by atoms with E-state index in [1.54, 1.807) is 12.1 Å². The Labute approximate surface area is 175 Å². The molecule has 0 spiro atoms. The minimum atomic E-state index is -3.48. The Bertz CT molecular complexity index is 1120. The zero-order valence-electron chi connectivity index (χ0n) is 17.0. The van der Waals surface area contributed by atoms with Gasteiger partial charge in [-0.1, -0.05) is 22.3 Å². The first-order valence-electron chi connectivity index (χ1n) is 9.36. The fraction of sp³-hybridized carbons (Fsp3) is 0.286. The standard InChI is InChI=1S/C21H23N3O5S/c1-14-11-15(2)13-16(12-14)20-23-24-21(29-20)22-19(25)5-4-10-30(26,27)18-8-6-17(28-3)7-9-18/h6-9,11-13H,4-5,10H2,1-3H3,(H,22,24,25). The molecule has 0 aliphatic heterocycles. The van der Waals surface area contributed by atoms with Crippen molar-refractivity contribution < 1.29 is 22.4 Å². The number of aromatic nitrogens is 2. The van der Waals surface area contributed by atoms with E-state index in [1.807, 2.05) is 32.0 Å². The normalized spacial score (nSPS) is 11.3. The predicted molar refractivity (Wildman–Crippen MR) is 112 cm³/mol. The Balaban J connectivity index is 1.54. The third kappa shape index (κ3) is 5.44. The fourth-order valence-electron chi connectivity index (χ4n) is 2.99. The Morgan fingerprint density at radius 3 is 2.37 bits per heavy atom. The van der Waals surface area contributed by atoms with E-state index < -0.39 is 15.7 Å². The molecule has 9 heteroatoms. The molecule has 2 aromatic carbocycles. The summed E-state index contributed by atoms with van der Waals surface area (Å²) in [6.45, 7) is 3.94. The van der Waals surface area contributed by atoms with Gasteiger partial charge < -0.3 is 9.15 Å². The minimum absolute atomic E-state index is 0.0106. The van der Waals surface area contributed by atoms with Crippen molar-refractivity contribution in [2.24, 2.45) is 0 Å². The summed E-state index contributed by atoms with van der Waals surface area (Å²) in [5.74, 6) is 0.340. The van der Waals surface area contributed by atoms with Crippen molar-refractivity contribution in [3.05, 3.63) is 53.6 Å². The highest BCUT2D eigenvalue weighted by Gasteiger charge is 2.16. The van der Waals surface area contributed by atoms with E-state index in [2.05, 4.69) is 15.5 Å². The van der Waals surface area contributed by atoms with Crippen LogP contribution in [-0.4, -0.2) is 37.4 Å². The lowest BCUT2D eigenvalue weighted by Gasteiger charge is -2.05. The maximum absolute atomic E-state index is 12.4. The van der Waals surface area contributed by atoms with Crippen LogP contribution in [0.5, 0.6) is 5.75 Å². The van der Waals surface area contributed by atoms with Crippen LogP contribution in [0.3, 0.4) is 0 Å². The SMILES string of the molecule is COc1ccc(S(=O)(=O)CCCC(=O)Nc2nnc(-c3cc(C)cc(C)c3)o2)cc1. The number of methoxy groups -OCH3 is 1. The van der Waals surface area contributed by atoms with Crippen LogP contribution in [0.25, 0.3) is 11.5 Å². The second kappa shape index (κ2) is 9.08. The first kappa shape index (κ1) is 21.5. The summed E-state index contributed by atoms with van der Waals surface area (Å²) in [6.07, 6.45) is 0.176. The molecule has 0 bridgehead atoms. The molecule has 3 aromatic rings. The molecular weight excluding hydrogens is 406 g/mol. The summed E-state index contributed by atoms with van der Waals surface area (Å²) >= 11 is 0. The van der Waals surface area contributed by atoms with Gasteiger partial charge in [-0.15, -0.1) is 5.10 Å². The molecule has 1 amide bonds. The van der Waals surface area contributed by atoms with Gasteiger partial charge in [0.25, 0.3) is 0 Å². The second-order valence-corrected chi connectivity index (χ2v) is 9.04. The Hall–Kier alpha value is -3.20. The zero-order chi connectivity index (χ0) is 21.7. The third-order valence-corrected chi connectivity index (χ3v) is 6.19. The first-order chi connectivity index (χ1) is 14.3. The van der Waals surface area contributed by atoms with Gasteiger partial charge in [0.05, 0.1) is 17.8 Å². The number of anilines is 1. The molecule has 1 heterocycles. The van der Waals surface area contributed by atoms with Crippen LogP contribution >= 0.6 is 0 Å². The molecule has 0 aliphatic rings. The molecule has 8 nitrogen and oxygen atoms in total. The molecule has 0 aliphatic carbocycles. The van der Waals surface area contributed by atoms with E-state index in [1.165, 1.54) is 19.2 Å². The minimum Gasteiger partial charge on any atom is -0.497 e. The number of nitrogens with one attached hydrogen (secondary N) is 1. The lowest BCUT2D eigenvalue weighted by molar-refractivity contribution is -0.116. The summed E-state index contributed by atoms with van der Waals surface area (Å²) in [7, 11) is -1.97. The van der Waals surface area contributed by atoms with Gasteiger partial charge in [-0.05, 0) is 56.7 Å². The lowest BCUT2D eigenvalue weighted by atomic mass is 10.1. The molecule has 0 atom stereocenters. The topological polar surface area (TPSA) is 111 Å². The van der Waals surface area contributed by atoms with Crippen LogP contribution in [0.2, 0.25) is 0 Å². The van der Waals surface area contributed by atoms with Crippen LogP contribution in [-0.2, 0) is 14.6 Å². The number of carbonyl (C=O) groups excluding carboxylic acids is 1. The Kier molecular flexibility index (Phi) is 6.51. The zero-order valence-corrected chi connectivity index (χ0v) is 17.8. The maximum Gasteiger partial charge on any atom is 0.322 e. The smallest absolute Gasteiger partial charge is 0.322 e. The van der Waals surface area contributed by atoms with E-state index in [9.17, 15) is 13.2 Å². The highest BCUT2D eigenvalue weighted by Crippen LogP contribution is 2.23. The summed E-state index contributed by atoms with van der Waals surface area (Å²) in [6, 6.07) is 12.0. The Morgan fingerprint density at radius 1 is 1.07 bits per heavy atom. The molecule has 3 rings (SSSR count). The van der Waals surface area contributed by atoms with Crippen LogP contribution in [0.15, 0.2) is 51.8 Å². The molecular formula is C21H23N3O5S. The number of rotatable bonds is 8. The lowest BCUT2D eigenvalue weighted by Crippen LogP contribution is -2.14. The van der Waals surface area contributed by atoms with Crippen molar-refractivity contribution in [3.63, 3.8) is 0 Å². The van der Waals surface area contributed by atoms with E-state index in [-0.39, 0.29) is 29.5 Å². The van der Waals surface area contributed by atoms with Crippen LogP contribution in [0, 0.1) is 13.8 Å². The summed E-state index contributed by atoms with van der Waals surface area (Å²) in [5.41, 5.74) is 2.89. The van der Waals surface area contributed by atoms with Crippen molar-refractivity contribution in [1.82, 2.24) is 10.2 Å². The predicted octanol–water partition coefficient (Wildman–Crippen LogP) is 3.55. The van der Waals surface area contributed by atoms with Crippen molar-refractivity contribution in [2.45, 2.75) is 31.6 Å². The molecule has 0 fully saturated rings. The maximum atomic E-state index is 12.4. The van der Waals surface area contributed by atoms with Gasteiger partial charge in [0.15, 0.2) is 9.84 Å². The number of carbonyl (C=O) groups is 1. The van der Waals surface area contributed by atoms with E-state index in [4.69, 9.17) is 9.15 Å². The number of nitrogens with zero attached hydrogens (tertiary/aromatic N) is 2. The molecule has 0 saturated heterocycles. The van der Waals surface area contributed by atoms with Gasteiger partial charge in [-0.2, -0.15) is 0 Å². The average molecular weight is 429 g/mol. The van der Waals surface area contributed by atoms with Crippen LogP contribution < -0.4 is 10.1 Å². The fourth-order valence-corrected chi connectivity index (χ4v) is 4.30. The first-order valence-corrected chi connectivity index (χ1v) is 11.0. The van der Waals surface area contributed by atoms with Crippen molar-refractivity contribution >= 4 is 21.8 Å². The molecule has 0 saturated carbocycles. The monoisotopic (exact) mass is 429 g/mol. The van der Waals surface area contributed by atoms with Crippen molar-refractivity contribution in [1.29, 1.82) is 0 Å². The van der Waals surface area contributed by atoms with Gasteiger partial charge in [0, 0.05) is 12.0 Å². The largest absolute Gasteiger partial charge is 0.497 e. The van der Waals surface area contributed by atoms with Gasteiger partial charge in [-0.25, -0.2) is 8.42 Å². The van der Waals surface area contributed by atoms with Crippen molar-refractivity contribution in [2.75, 3.05) is 18.2 Å². The van der Waals surface area contributed by atoms with E-state index in [0.717, 1.165) is 16.7 Å². The number of ether oxygens (including phenoxy) is 1. The highest BCUT2D eigenvalue weighted by atomic mass is 32.2. The number of amides is 1. The molecule has 158 valence electrons. The number of sulfone groups is 1. The van der Waals surface area contributed by atoms with E-state index in [0.29, 0.717) is 11.6 Å². The van der Waals surface area contributed by atoms with Gasteiger partial charge in [0.1, 0.15) is 5.75 Å². The average Bonchev–Trinajstić information content (AvgIpc) is 3.15. The molecule has 1 aromatic heterocycles. The highest BCUT2D eigenvalue weighted by molar-refractivity contribution is 7.91. The summed E-state index contributed by atoms with van der Waals surface area (Å²) in [5, 5.41) is 10.3. The third-order valence-electron chi connectivity index (χ3n) is 4.38. The number of benzene rings is 2. The molecule has 30 heavy (non-hydrogen) atoms. The van der Waals surface area contributed by atoms with Crippen molar-refractivity contribution in [3.8, 4) is 17.2 Å². The second-order valence-electron chi connectivity index (χ2n) is 6.93. The summed E-state index contributed by atoms with van der Waals surface area (Å²) < 4.78 is 35.3. The quantitative estimate of drug-likeness (QED) is 0.583. The summed E-state index contributed by atoms with van der Waals surface area (Å²) in [4.78, 5) is 12.3.